The van der Waals surface area contributed by atoms with Crippen molar-refractivity contribution in [2.24, 2.45) is 4.99 Å². The van der Waals surface area contributed by atoms with Gasteiger partial charge in [-0.2, -0.15) is 0 Å². The molecule has 0 saturated carbocycles. The molecule has 25 heavy (non-hydrogen) atoms. The van der Waals surface area contributed by atoms with Gasteiger partial charge in [0.05, 0.1) is 10.6 Å². The zero-order chi connectivity index (χ0) is 17.6. The van der Waals surface area contributed by atoms with Crippen LogP contribution < -0.4 is 10.1 Å². The van der Waals surface area contributed by atoms with Crippen LogP contribution in [0.3, 0.4) is 0 Å². The van der Waals surface area contributed by atoms with Crippen LogP contribution in [0.25, 0.3) is 6.08 Å². The van der Waals surface area contributed by atoms with Crippen molar-refractivity contribution in [1.29, 1.82) is 0 Å². The Morgan fingerprint density at radius 2 is 1.96 bits per heavy atom. The molecule has 0 aliphatic carbocycles. The Balaban J connectivity index is 1.85. The quantitative estimate of drug-likeness (QED) is 0.558. The van der Waals surface area contributed by atoms with Crippen molar-refractivity contribution in [3.05, 3.63) is 76.1 Å². The van der Waals surface area contributed by atoms with Gasteiger partial charge >= 0.3 is 0 Å². The average Bonchev–Trinajstić information content (AvgIpc) is 2.95. The zero-order valence-electron chi connectivity index (χ0n) is 13.2. The molecule has 126 valence electrons. The van der Waals surface area contributed by atoms with Crippen molar-refractivity contribution in [3.8, 4) is 5.75 Å². The number of aliphatic imine (C=N–C) groups is 1. The number of carbonyl (C=O) groups is 1. The number of ether oxygens (including phenoxy) is 1. The molecular weight excluding hydrogens is 400 g/mol. The third kappa shape index (κ3) is 4.41. The number of halogens is 1. The van der Waals surface area contributed by atoms with E-state index in [1.165, 1.54) is 11.8 Å². The molecule has 1 N–H and O–H groups in total. The highest BCUT2D eigenvalue weighted by Crippen LogP contribution is 2.32. The lowest BCUT2D eigenvalue weighted by atomic mass is 10.2. The Bertz CT molecular complexity index is 877. The third-order valence-electron chi connectivity index (χ3n) is 3.29. The fourth-order valence-corrected chi connectivity index (χ4v) is 3.35. The highest BCUT2D eigenvalue weighted by Gasteiger charge is 2.24. The number of carbonyl (C=O) groups excluding carboxylic acids is 1. The van der Waals surface area contributed by atoms with Crippen LogP contribution in [0.4, 0.5) is 5.69 Å². The summed E-state index contributed by atoms with van der Waals surface area (Å²) in [5.41, 5.74) is 1.60. The minimum atomic E-state index is -0.172. The highest BCUT2D eigenvalue weighted by atomic mass is 79.9. The van der Waals surface area contributed by atoms with Crippen molar-refractivity contribution in [2.75, 3.05) is 6.61 Å². The fourth-order valence-electron chi connectivity index (χ4n) is 2.15. The summed E-state index contributed by atoms with van der Waals surface area (Å²) in [6, 6.07) is 15.2. The summed E-state index contributed by atoms with van der Waals surface area (Å²) < 4.78 is 6.50. The smallest absolute Gasteiger partial charge is 0.264 e. The molecule has 1 heterocycles. The SMILES string of the molecule is C=CCOc1ccccc1/C=C1\SC(=Nc2ccccc2Br)NC1=O. The average molecular weight is 415 g/mol. The summed E-state index contributed by atoms with van der Waals surface area (Å²) in [7, 11) is 0. The molecule has 3 rings (SSSR count). The van der Waals surface area contributed by atoms with E-state index in [1.807, 2.05) is 48.5 Å². The number of benzene rings is 2. The predicted molar refractivity (Wildman–Crippen MR) is 107 cm³/mol. The zero-order valence-corrected chi connectivity index (χ0v) is 15.6. The fraction of sp³-hybridized carbons (Fsp3) is 0.0526. The molecule has 1 aliphatic heterocycles. The number of hydrogen-bond donors (Lipinski definition) is 1. The Kier molecular flexibility index (Phi) is 5.73. The molecule has 0 radical (unpaired) electrons. The van der Waals surface area contributed by atoms with Crippen molar-refractivity contribution >= 4 is 50.5 Å². The van der Waals surface area contributed by atoms with Gasteiger partial charge in [-0.15, -0.1) is 0 Å². The van der Waals surface area contributed by atoms with Gasteiger partial charge in [-0.25, -0.2) is 4.99 Å². The third-order valence-corrected chi connectivity index (χ3v) is 4.87. The Morgan fingerprint density at radius 1 is 1.20 bits per heavy atom. The summed E-state index contributed by atoms with van der Waals surface area (Å²) in [6.07, 6.45) is 3.49. The van der Waals surface area contributed by atoms with Crippen LogP contribution in [0, 0.1) is 0 Å². The van der Waals surface area contributed by atoms with Gasteiger partial charge in [-0.3, -0.25) is 4.79 Å². The lowest BCUT2D eigenvalue weighted by Crippen LogP contribution is -2.19. The summed E-state index contributed by atoms with van der Waals surface area (Å²) in [6.45, 7) is 4.06. The minimum Gasteiger partial charge on any atom is -0.489 e. The summed E-state index contributed by atoms with van der Waals surface area (Å²) >= 11 is 4.76. The molecule has 0 spiro atoms. The van der Waals surface area contributed by atoms with Gasteiger partial charge in [0.15, 0.2) is 5.17 Å². The monoisotopic (exact) mass is 414 g/mol. The lowest BCUT2D eigenvalue weighted by molar-refractivity contribution is -0.115. The van der Waals surface area contributed by atoms with Gasteiger partial charge in [0, 0.05) is 10.0 Å². The molecule has 0 aromatic heterocycles. The number of para-hydroxylation sites is 2. The van der Waals surface area contributed by atoms with E-state index in [0.717, 1.165) is 15.7 Å². The standard InChI is InChI=1S/C19H15BrN2O2S/c1-2-11-24-16-10-6-3-7-13(16)12-17-18(23)22-19(25-17)21-15-9-5-4-8-14(15)20/h2-10,12H,1,11H2,(H,21,22,23)/b17-12-. The van der Waals surface area contributed by atoms with E-state index in [9.17, 15) is 4.79 Å². The molecule has 1 amide bonds. The van der Waals surface area contributed by atoms with Crippen molar-refractivity contribution < 1.29 is 9.53 Å². The summed E-state index contributed by atoms with van der Waals surface area (Å²) in [4.78, 5) is 17.3. The van der Waals surface area contributed by atoms with E-state index >= 15 is 0 Å². The van der Waals surface area contributed by atoms with Crippen LogP contribution in [0.5, 0.6) is 5.75 Å². The van der Waals surface area contributed by atoms with E-state index < -0.39 is 0 Å². The molecule has 1 saturated heterocycles. The highest BCUT2D eigenvalue weighted by molar-refractivity contribution is 9.10. The maximum atomic E-state index is 12.2. The van der Waals surface area contributed by atoms with Crippen LogP contribution in [0.1, 0.15) is 5.56 Å². The van der Waals surface area contributed by atoms with E-state index in [1.54, 1.807) is 12.2 Å². The van der Waals surface area contributed by atoms with Crippen molar-refractivity contribution in [2.45, 2.75) is 0 Å². The van der Waals surface area contributed by atoms with Crippen molar-refractivity contribution in [1.82, 2.24) is 5.32 Å². The van der Waals surface area contributed by atoms with Gasteiger partial charge in [0.25, 0.3) is 5.91 Å². The predicted octanol–water partition coefficient (Wildman–Crippen LogP) is 4.91. The number of amides is 1. The largest absolute Gasteiger partial charge is 0.489 e. The van der Waals surface area contributed by atoms with Crippen LogP contribution in [-0.4, -0.2) is 17.7 Å². The number of nitrogens with zero attached hydrogens (tertiary/aromatic N) is 1. The molecule has 2 aromatic carbocycles. The Morgan fingerprint density at radius 3 is 2.76 bits per heavy atom. The molecule has 2 aromatic rings. The van der Waals surface area contributed by atoms with Gasteiger partial charge < -0.3 is 10.1 Å². The molecule has 0 atom stereocenters. The Hall–Kier alpha value is -2.31. The van der Waals surface area contributed by atoms with E-state index in [0.29, 0.717) is 22.4 Å². The normalized spacial score (nSPS) is 16.9. The second-order valence-corrected chi connectivity index (χ2v) is 6.96. The van der Waals surface area contributed by atoms with Crippen LogP contribution >= 0.6 is 27.7 Å². The first kappa shape index (κ1) is 17.5. The maximum Gasteiger partial charge on any atom is 0.264 e. The number of rotatable bonds is 5. The molecule has 0 bridgehead atoms. The molecule has 1 aliphatic rings. The molecule has 4 nitrogen and oxygen atoms in total. The molecule has 1 fully saturated rings. The lowest BCUT2D eigenvalue weighted by Gasteiger charge is -2.06. The van der Waals surface area contributed by atoms with Gasteiger partial charge in [-0.05, 0) is 52.0 Å². The first-order valence-electron chi connectivity index (χ1n) is 7.54. The van der Waals surface area contributed by atoms with Crippen LogP contribution in [0.15, 0.2) is 75.6 Å². The molecular formula is C19H15BrN2O2S. The molecule has 0 unspecified atom stereocenters. The maximum absolute atomic E-state index is 12.2. The number of nitrogens with one attached hydrogen (secondary N) is 1. The van der Waals surface area contributed by atoms with E-state index in [4.69, 9.17) is 4.74 Å². The number of thioether (sulfide) groups is 1. The first-order valence-corrected chi connectivity index (χ1v) is 9.15. The van der Waals surface area contributed by atoms with Gasteiger partial charge in [-0.1, -0.05) is 43.0 Å². The summed E-state index contributed by atoms with van der Waals surface area (Å²) in [5.74, 6) is 0.536. The Labute approximate surface area is 158 Å². The van der Waals surface area contributed by atoms with Gasteiger partial charge in [0.2, 0.25) is 0 Å². The number of amidine groups is 1. The van der Waals surface area contributed by atoms with E-state index in [-0.39, 0.29) is 5.91 Å². The van der Waals surface area contributed by atoms with Crippen LogP contribution in [0.2, 0.25) is 0 Å². The second kappa shape index (κ2) is 8.18. The summed E-state index contributed by atoms with van der Waals surface area (Å²) in [5, 5.41) is 3.34. The topological polar surface area (TPSA) is 50.7 Å². The minimum absolute atomic E-state index is 0.172. The van der Waals surface area contributed by atoms with E-state index in [2.05, 4.69) is 32.8 Å². The number of hydrogen-bond acceptors (Lipinski definition) is 4. The van der Waals surface area contributed by atoms with Crippen molar-refractivity contribution in [3.63, 3.8) is 0 Å². The van der Waals surface area contributed by atoms with Gasteiger partial charge in [0.1, 0.15) is 12.4 Å². The molecule has 6 heteroatoms. The van der Waals surface area contributed by atoms with Crippen LogP contribution in [-0.2, 0) is 4.79 Å². The first-order chi connectivity index (χ1) is 12.2. The second-order valence-electron chi connectivity index (χ2n) is 5.07.